The average Bonchev–Trinajstić information content (AvgIpc) is 3.62. The van der Waals surface area contributed by atoms with Crippen molar-refractivity contribution in [3.8, 4) is 11.8 Å². The lowest BCUT2D eigenvalue weighted by Crippen LogP contribution is -2.49. The first kappa shape index (κ1) is 22.3. The number of carboxylic acids is 1. The van der Waals surface area contributed by atoms with Crippen molar-refractivity contribution >= 4 is 5.97 Å². The second-order valence-corrected chi connectivity index (χ2v) is 9.15. The maximum atomic E-state index is 10.9. The van der Waals surface area contributed by atoms with Crippen molar-refractivity contribution in [2.75, 3.05) is 32.8 Å². The summed E-state index contributed by atoms with van der Waals surface area (Å²) in [5.41, 5.74) is 2.04. The van der Waals surface area contributed by atoms with Crippen LogP contribution < -0.4 is 10.1 Å². The molecule has 32 heavy (non-hydrogen) atoms. The quantitative estimate of drug-likeness (QED) is 0.595. The predicted molar refractivity (Wildman–Crippen MR) is 123 cm³/mol. The van der Waals surface area contributed by atoms with Crippen LogP contribution in [0.3, 0.4) is 0 Å². The fraction of sp³-hybridized carbons (Fsp3) is 0.462. The molecule has 2 aliphatic rings. The molecule has 2 fully saturated rings. The number of likely N-dealkylation sites (tertiary alicyclic amines) is 1. The van der Waals surface area contributed by atoms with Crippen LogP contribution in [-0.4, -0.2) is 54.8 Å². The van der Waals surface area contributed by atoms with E-state index in [1.165, 1.54) is 12.0 Å². The Balaban J connectivity index is 1.35. The van der Waals surface area contributed by atoms with Crippen LogP contribution in [0.15, 0.2) is 54.6 Å². The van der Waals surface area contributed by atoms with Crippen molar-refractivity contribution in [1.82, 2.24) is 10.2 Å². The molecule has 6 heteroatoms. The van der Waals surface area contributed by atoms with E-state index in [1.54, 1.807) is 12.1 Å². The Kier molecular flexibility index (Phi) is 7.09. The molecule has 4 rings (SSSR count). The molecular weight excluding hydrogens is 402 g/mol. The maximum Gasteiger partial charge on any atom is 0.304 e. The molecule has 0 bridgehead atoms. The van der Waals surface area contributed by atoms with Crippen LogP contribution in [-0.2, 0) is 4.79 Å². The summed E-state index contributed by atoms with van der Waals surface area (Å²) in [4.78, 5) is 13.2. The van der Waals surface area contributed by atoms with Gasteiger partial charge in [0.25, 0.3) is 0 Å². The number of nitrogens with zero attached hydrogens (tertiary/aromatic N) is 2. The lowest BCUT2D eigenvalue weighted by Gasteiger charge is -2.41. The Morgan fingerprint density at radius 1 is 1.16 bits per heavy atom. The molecule has 0 amide bonds. The second-order valence-electron chi connectivity index (χ2n) is 9.15. The molecule has 168 valence electrons. The number of carbonyl (C=O) groups is 1. The molecule has 0 aromatic heterocycles. The predicted octanol–water partition coefficient (Wildman–Crippen LogP) is 3.64. The Morgan fingerprint density at radius 2 is 1.88 bits per heavy atom. The van der Waals surface area contributed by atoms with Crippen LogP contribution in [0, 0.1) is 16.7 Å². The van der Waals surface area contributed by atoms with Crippen molar-refractivity contribution in [2.24, 2.45) is 5.41 Å². The summed E-state index contributed by atoms with van der Waals surface area (Å²) in [6.45, 7) is 3.89. The zero-order chi connectivity index (χ0) is 22.4. The van der Waals surface area contributed by atoms with E-state index < -0.39 is 5.97 Å². The molecule has 1 aliphatic carbocycles. The number of carboxylic acid groups (broad SMARTS) is 1. The Bertz CT molecular complexity index is 931. The van der Waals surface area contributed by atoms with E-state index in [4.69, 9.17) is 15.1 Å². The second kappa shape index (κ2) is 10.2. The van der Waals surface area contributed by atoms with Gasteiger partial charge in [-0.3, -0.25) is 4.79 Å². The van der Waals surface area contributed by atoms with Crippen LogP contribution in [0.4, 0.5) is 0 Å². The number of ether oxygens (including phenoxy) is 1. The van der Waals surface area contributed by atoms with Crippen molar-refractivity contribution in [3.63, 3.8) is 0 Å². The maximum absolute atomic E-state index is 10.9. The molecule has 1 unspecified atom stereocenters. The molecule has 2 atom stereocenters. The third kappa shape index (κ3) is 5.87. The van der Waals surface area contributed by atoms with Gasteiger partial charge in [-0.05, 0) is 62.2 Å². The van der Waals surface area contributed by atoms with E-state index in [-0.39, 0.29) is 11.8 Å². The summed E-state index contributed by atoms with van der Waals surface area (Å²) in [6.07, 6.45) is 3.30. The average molecular weight is 434 g/mol. The molecule has 6 nitrogen and oxygen atoms in total. The monoisotopic (exact) mass is 433 g/mol. The van der Waals surface area contributed by atoms with Crippen molar-refractivity contribution < 1.29 is 14.6 Å². The number of aliphatic carboxylic acids is 1. The third-order valence-corrected chi connectivity index (χ3v) is 6.84. The molecule has 0 spiro atoms. The van der Waals surface area contributed by atoms with E-state index in [2.05, 4.69) is 46.6 Å². The molecule has 2 N–H and O–H groups in total. The fourth-order valence-corrected chi connectivity index (χ4v) is 4.58. The Morgan fingerprint density at radius 3 is 2.53 bits per heavy atom. The van der Waals surface area contributed by atoms with Crippen molar-refractivity contribution in [1.29, 1.82) is 5.26 Å². The van der Waals surface area contributed by atoms with Crippen LogP contribution in [0.2, 0.25) is 0 Å². The van der Waals surface area contributed by atoms with E-state index >= 15 is 0 Å². The Hall–Kier alpha value is -2.88. The summed E-state index contributed by atoms with van der Waals surface area (Å²) in [5, 5.41) is 21.8. The third-order valence-electron chi connectivity index (χ3n) is 6.84. The normalized spacial score (nSPS) is 22.1. The fourth-order valence-electron chi connectivity index (χ4n) is 4.58. The summed E-state index contributed by atoms with van der Waals surface area (Å²) in [5.74, 6) is 0.627. The van der Waals surface area contributed by atoms with Gasteiger partial charge < -0.3 is 20.1 Å². The molecule has 1 saturated heterocycles. The van der Waals surface area contributed by atoms with Gasteiger partial charge in [0, 0.05) is 30.5 Å². The molecular formula is C26H31N3O3. The number of benzene rings is 2. The highest BCUT2D eigenvalue weighted by Gasteiger charge is 2.41. The molecule has 0 radical (unpaired) electrons. The Labute approximate surface area is 189 Å². The van der Waals surface area contributed by atoms with Gasteiger partial charge >= 0.3 is 5.97 Å². The molecule has 1 saturated carbocycles. The number of hydrogen-bond acceptors (Lipinski definition) is 5. The zero-order valence-corrected chi connectivity index (χ0v) is 18.4. The standard InChI is InChI=1S/C26H31N3O3/c27-17-20-6-8-22(9-7-20)32-19-26(11-14-29(15-12-26)13-10-25(30)31)18-28-24-16-23(24)21-4-2-1-3-5-21/h1-9,23-24,28H,10-16,18-19H2,(H,30,31)/t23?,24-/m1/s1. The minimum absolute atomic E-state index is 0.0114. The van der Waals surface area contributed by atoms with E-state index in [0.717, 1.165) is 38.2 Å². The molecule has 1 heterocycles. The van der Waals surface area contributed by atoms with Gasteiger partial charge in [0.05, 0.1) is 24.7 Å². The summed E-state index contributed by atoms with van der Waals surface area (Å²) in [6, 6.07) is 20.6. The van der Waals surface area contributed by atoms with Gasteiger partial charge in [0.1, 0.15) is 5.75 Å². The van der Waals surface area contributed by atoms with Gasteiger partial charge in [0.2, 0.25) is 0 Å². The van der Waals surface area contributed by atoms with Gasteiger partial charge in [-0.15, -0.1) is 0 Å². The smallest absolute Gasteiger partial charge is 0.304 e. The number of nitrogens with one attached hydrogen (secondary N) is 1. The first-order valence-electron chi connectivity index (χ1n) is 11.4. The van der Waals surface area contributed by atoms with Crippen molar-refractivity contribution in [2.45, 2.75) is 37.6 Å². The van der Waals surface area contributed by atoms with Crippen LogP contribution in [0.25, 0.3) is 0 Å². The van der Waals surface area contributed by atoms with Crippen LogP contribution >= 0.6 is 0 Å². The summed E-state index contributed by atoms with van der Waals surface area (Å²) < 4.78 is 6.18. The van der Waals surface area contributed by atoms with Gasteiger partial charge in [-0.25, -0.2) is 0 Å². The van der Waals surface area contributed by atoms with Crippen molar-refractivity contribution in [3.05, 3.63) is 65.7 Å². The lowest BCUT2D eigenvalue weighted by atomic mass is 9.78. The molecule has 2 aromatic rings. The number of hydrogen-bond donors (Lipinski definition) is 2. The topological polar surface area (TPSA) is 85.6 Å². The minimum atomic E-state index is -0.742. The number of piperidine rings is 1. The van der Waals surface area contributed by atoms with E-state index in [1.807, 2.05) is 12.1 Å². The van der Waals surface area contributed by atoms with Gasteiger partial charge in [-0.1, -0.05) is 30.3 Å². The number of rotatable bonds is 10. The SMILES string of the molecule is N#Cc1ccc(OCC2(CN[C@@H]3CC3c3ccccc3)CCN(CCC(=O)O)CC2)cc1. The molecule has 1 aliphatic heterocycles. The minimum Gasteiger partial charge on any atom is -0.493 e. The summed E-state index contributed by atoms with van der Waals surface area (Å²) in [7, 11) is 0. The van der Waals surface area contributed by atoms with E-state index in [0.29, 0.717) is 30.7 Å². The zero-order valence-electron chi connectivity index (χ0n) is 18.4. The van der Waals surface area contributed by atoms with Gasteiger partial charge in [-0.2, -0.15) is 5.26 Å². The highest BCUT2D eigenvalue weighted by Crippen LogP contribution is 2.42. The molecule has 2 aromatic carbocycles. The van der Waals surface area contributed by atoms with E-state index in [9.17, 15) is 4.79 Å². The van der Waals surface area contributed by atoms with Crippen LogP contribution in [0.5, 0.6) is 5.75 Å². The van der Waals surface area contributed by atoms with Gasteiger partial charge in [0.15, 0.2) is 0 Å². The summed E-state index contributed by atoms with van der Waals surface area (Å²) >= 11 is 0. The largest absolute Gasteiger partial charge is 0.493 e. The highest BCUT2D eigenvalue weighted by molar-refractivity contribution is 5.66. The lowest BCUT2D eigenvalue weighted by molar-refractivity contribution is -0.137. The highest BCUT2D eigenvalue weighted by atomic mass is 16.5. The van der Waals surface area contributed by atoms with Crippen LogP contribution in [0.1, 0.15) is 42.7 Å². The first-order valence-corrected chi connectivity index (χ1v) is 11.4. The first-order chi connectivity index (χ1) is 15.6. The number of nitriles is 1.